The zero-order valence-corrected chi connectivity index (χ0v) is 10.5. The number of hydrogen-bond acceptors (Lipinski definition) is 3. The number of thiol groups is 1. The number of aryl methyl sites for hydroxylation is 1. The molecule has 2 rings (SSSR count). The van der Waals surface area contributed by atoms with Crippen LogP contribution in [0.3, 0.4) is 0 Å². The minimum Gasteiger partial charge on any atom is -0.320 e. The van der Waals surface area contributed by atoms with Crippen LogP contribution < -0.4 is 5.32 Å². The molecule has 1 aromatic heterocycles. The number of aromatic nitrogens is 1. The maximum atomic E-state index is 13.5. The van der Waals surface area contributed by atoms with Gasteiger partial charge in [-0.25, -0.2) is 4.39 Å². The van der Waals surface area contributed by atoms with Crippen LogP contribution in [0.5, 0.6) is 0 Å². The number of carbonyl (C=O) groups excluding carboxylic acids is 1. The van der Waals surface area contributed by atoms with Crippen molar-refractivity contribution in [3.05, 3.63) is 53.6 Å². The number of carbonyl (C=O) groups is 1. The Morgan fingerprint density at radius 2 is 2.17 bits per heavy atom. The number of rotatable bonds is 2. The molecule has 0 radical (unpaired) electrons. The molecule has 5 heteroatoms. The van der Waals surface area contributed by atoms with Crippen molar-refractivity contribution in [3.8, 4) is 0 Å². The second-order valence-electron chi connectivity index (χ2n) is 3.75. The van der Waals surface area contributed by atoms with Crippen LogP contribution >= 0.6 is 12.6 Å². The normalized spacial score (nSPS) is 10.2. The quantitative estimate of drug-likeness (QED) is 0.817. The molecule has 1 aromatic carbocycles. The topological polar surface area (TPSA) is 42.0 Å². The van der Waals surface area contributed by atoms with Gasteiger partial charge in [0.2, 0.25) is 0 Å². The highest BCUT2D eigenvalue weighted by molar-refractivity contribution is 7.80. The molecule has 0 fully saturated rings. The average molecular weight is 262 g/mol. The molecule has 3 nitrogen and oxygen atoms in total. The van der Waals surface area contributed by atoms with Gasteiger partial charge in [-0.2, -0.15) is 0 Å². The number of nitrogens with zero attached hydrogens (tertiary/aromatic N) is 1. The maximum absolute atomic E-state index is 13.5. The third kappa shape index (κ3) is 2.68. The van der Waals surface area contributed by atoms with Gasteiger partial charge in [0.15, 0.2) is 0 Å². The maximum Gasteiger partial charge on any atom is 0.258 e. The molecule has 0 atom stereocenters. The number of halogens is 1. The molecule has 18 heavy (non-hydrogen) atoms. The Bertz CT molecular complexity index is 601. The summed E-state index contributed by atoms with van der Waals surface area (Å²) < 4.78 is 13.5. The van der Waals surface area contributed by atoms with E-state index in [9.17, 15) is 9.18 Å². The van der Waals surface area contributed by atoms with Crippen LogP contribution in [0, 0.1) is 12.7 Å². The molecule has 0 unspecified atom stereocenters. The Hall–Kier alpha value is -1.88. The van der Waals surface area contributed by atoms with E-state index in [1.165, 1.54) is 18.2 Å². The summed E-state index contributed by atoms with van der Waals surface area (Å²) in [6.45, 7) is 1.76. The molecular weight excluding hydrogens is 251 g/mol. The Balaban J connectivity index is 2.28. The summed E-state index contributed by atoms with van der Waals surface area (Å²) in [7, 11) is 0. The lowest BCUT2D eigenvalue weighted by Crippen LogP contribution is -2.14. The van der Waals surface area contributed by atoms with E-state index in [4.69, 9.17) is 0 Å². The third-order valence-corrected chi connectivity index (χ3v) is 2.73. The predicted molar refractivity (Wildman–Crippen MR) is 70.6 cm³/mol. The minimum atomic E-state index is -0.577. The van der Waals surface area contributed by atoms with E-state index in [1.807, 2.05) is 0 Å². The molecule has 0 aliphatic rings. The van der Waals surface area contributed by atoms with Gasteiger partial charge in [-0.15, -0.1) is 12.6 Å². The van der Waals surface area contributed by atoms with Crippen molar-refractivity contribution in [3.63, 3.8) is 0 Å². The van der Waals surface area contributed by atoms with E-state index in [2.05, 4.69) is 22.9 Å². The minimum absolute atomic E-state index is 0.0363. The summed E-state index contributed by atoms with van der Waals surface area (Å²) in [5, 5.41) is 2.62. The standard InChI is InChI=1S/C13H11FN2OS/c1-8-12(3-2-6-15-8)16-13(17)10-7-9(18)4-5-11(10)14/h2-7,18H,1H3,(H,16,17). The second-order valence-corrected chi connectivity index (χ2v) is 4.27. The fourth-order valence-corrected chi connectivity index (χ4v) is 1.70. The van der Waals surface area contributed by atoms with Crippen LogP contribution in [0.4, 0.5) is 10.1 Å². The van der Waals surface area contributed by atoms with Crippen LogP contribution in [-0.2, 0) is 0 Å². The number of benzene rings is 1. The number of anilines is 1. The fourth-order valence-electron chi connectivity index (χ4n) is 1.49. The molecule has 1 N–H and O–H groups in total. The van der Waals surface area contributed by atoms with Gasteiger partial charge in [0.1, 0.15) is 5.82 Å². The van der Waals surface area contributed by atoms with Crippen molar-refractivity contribution in [2.75, 3.05) is 5.32 Å². The lowest BCUT2D eigenvalue weighted by molar-refractivity contribution is 0.102. The van der Waals surface area contributed by atoms with Crippen molar-refractivity contribution in [1.29, 1.82) is 0 Å². The van der Waals surface area contributed by atoms with Crippen LogP contribution in [0.2, 0.25) is 0 Å². The number of nitrogens with one attached hydrogen (secondary N) is 1. The Morgan fingerprint density at radius 3 is 2.89 bits per heavy atom. The predicted octanol–water partition coefficient (Wildman–Crippen LogP) is 3.07. The molecule has 2 aromatic rings. The fraction of sp³-hybridized carbons (Fsp3) is 0.0769. The van der Waals surface area contributed by atoms with Gasteiger partial charge in [-0.05, 0) is 37.3 Å². The van der Waals surface area contributed by atoms with Crippen LogP contribution in [0.1, 0.15) is 16.1 Å². The molecule has 0 saturated carbocycles. The van der Waals surface area contributed by atoms with E-state index < -0.39 is 11.7 Å². The van der Waals surface area contributed by atoms with E-state index in [0.717, 1.165) is 0 Å². The highest BCUT2D eigenvalue weighted by Crippen LogP contribution is 2.17. The molecule has 1 heterocycles. The highest BCUT2D eigenvalue weighted by Gasteiger charge is 2.13. The summed E-state index contributed by atoms with van der Waals surface area (Å²) >= 11 is 4.08. The summed E-state index contributed by atoms with van der Waals surface area (Å²) in [4.78, 5) is 16.5. The summed E-state index contributed by atoms with van der Waals surface area (Å²) in [6.07, 6.45) is 1.62. The van der Waals surface area contributed by atoms with E-state index >= 15 is 0 Å². The Labute approximate surface area is 109 Å². The van der Waals surface area contributed by atoms with Crippen molar-refractivity contribution in [2.45, 2.75) is 11.8 Å². The molecule has 1 amide bonds. The first kappa shape index (κ1) is 12.6. The average Bonchev–Trinajstić information content (AvgIpc) is 2.35. The van der Waals surface area contributed by atoms with Crippen LogP contribution in [0.15, 0.2) is 41.4 Å². The molecule has 0 bridgehead atoms. The van der Waals surface area contributed by atoms with Gasteiger partial charge in [0, 0.05) is 11.1 Å². The number of amides is 1. The summed E-state index contributed by atoms with van der Waals surface area (Å²) in [5.41, 5.74) is 1.20. The Kier molecular flexibility index (Phi) is 3.62. The summed E-state index contributed by atoms with van der Waals surface area (Å²) in [6, 6.07) is 7.51. The molecule has 0 aliphatic heterocycles. The lowest BCUT2D eigenvalue weighted by Gasteiger charge is -2.08. The monoisotopic (exact) mass is 262 g/mol. The van der Waals surface area contributed by atoms with E-state index in [1.54, 1.807) is 25.3 Å². The third-order valence-electron chi connectivity index (χ3n) is 2.45. The first-order valence-electron chi connectivity index (χ1n) is 5.29. The van der Waals surface area contributed by atoms with Gasteiger partial charge >= 0.3 is 0 Å². The van der Waals surface area contributed by atoms with Crippen LogP contribution in [0.25, 0.3) is 0 Å². The second kappa shape index (κ2) is 5.18. The molecule has 0 aliphatic carbocycles. The lowest BCUT2D eigenvalue weighted by atomic mass is 10.2. The highest BCUT2D eigenvalue weighted by atomic mass is 32.1. The van der Waals surface area contributed by atoms with Crippen LogP contribution in [-0.4, -0.2) is 10.9 Å². The SMILES string of the molecule is Cc1ncccc1NC(=O)c1cc(S)ccc1F. The van der Waals surface area contributed by atoms with E-state index in [-0.39, 0.29) is 5.56 Å². The largest absolute Gasteiger partial charge is 0.320 e. The van der Waals surface area contributed by atoms with Gasteiger partial charge in [-0.3, -0.25) is 9.78 Å². The van der Waals surface area contributed by atoms with Crippen molar-refractivity contribution in [2.24, 2.45) is 0 Å². The molecule has 0 spiro atoms. The first-order chi connectivity index (χ1) is 8.58. The number of hydrogen-bond donors (Lipinski definition) is 2. The number of pyridine rings is 1. The molecule has 0 saturated heterocycles. The van der Waals surface area contributed by atoms with Gasteiger partial charge < -0.3 is 5.32 Å². The first-order valence-corrected chi connectivity index (χ1v) is 5.74. The zero-order chi connectivity index (χ0) is 13.1. The van der Waals surface area contributed by atoms with Crippen molar-refractivity contribution in [1.82, 2.24) is 4.98 Å². The zero-order valence-electron chi connectivity index (χ0n) is 9.64. The smallest absolute Gasteiger partial charge is 0.258 e. The van der Waals surface area contributed by atoms with Gasteiger partial charge in [0.05, 0.1) is 16.9 Å². The van der Waals surface area contributed by atoms with E-state index in [0.29, 0.717) is 16.3 Å². The molecular formula is C13H11FN2OS. The van der Waals surface area contributed by atoms with Crippen molar-refractivity contribution >= 4 is 24.2 Å². The summed E-state index contributed by atoms with van der Waals surface area (Å²) in [5.74, 6) is -1.09. The van der Waals surface area contributed by atoms with Gasteiger partial charge in [0.25, 0.3) is 5.91 Å². The van der Waals surface area contributed by atoms with Gasteiger partial charge in [-0.1, -0.05) is 0 Å². The Morgan fingerprint density at radius 1 is 1.39 bits per heavy atom. The molecule has 92 valence electrons. The van der Waals surface area contributed by atoms with Crippen molar-refractivity contribution < 1.29 is 9.18 Å².